The molecule has 3 rings (SSSR count). The number of carbonyl (C=O) groups excluding carboxylic acids is 1. The number of nitrogens with zero attached hydrogens (tertiary/aromatic N) is 1. The van der Waals surface area contributed by atoms with E-state index in [1.165, 1.54) is 5.56 Å². The molecule has 1 fully saturated rings. The topological polar surface area (TPSA) is 29.5 Å². The predicted octanol–water partition coefficient (Wildman–Crippen LogP) is 3.57. The lowest BCUT2D eigenvalue weighted by Gasteiger charge is -2.22. The molecule has 0 unspecified atom stereocenters. The highest BCUT2D eigenvalue weighted by atomic mass is 16.5. The van der Waals surface area contributed by atoms with Gasteiger partial charge in [-0.2, -0.15) is 0 Å². The lowest BCUT2D eigenvalue weighted by atomic mass is 10.2. The van der Waals surface area contributed by atoms with Crippen molar-refractivity contribution in [3.05, 3.63) is 65.7 Å². The molecular weight excluding hydrogens is 274 g/mol. The van der Waals surface area contributed by atoms with Crippen LogP contribution >= 0.6 is 0 Å². The Morgan fingerprint density at radius 1 is 1.14 bits per heavy atom. The van der Waals surface area contributed by atoms with Crippen molar-refractivity contribution in [3.8, 4) is 5.75 Å². The summed E-state index contributed by atoms with van der Waals surface area (Å²) in [4.78, 5) is 14.4. The monoisotopic (exact) mass is 295 g/mol. The second kappa shape index (κ2) is 6.65. The van der Waals surface area contributed by atoms with Gasteiger partial charge in [0.05, 0.1) is 0 Å². The molecule has 0 N–H and O–H groups in total. The molecule has 0 bridgehead atoms. The first kappa shape index (κ1) is 14.6. The molecule has 2 aromatic carbocycles. The predicted molar refractivity (Wildman–Crippen MR) is 86.7 cm³/mol. The molecule has 0 atom stereocenters. The number of aryl methyl sites for hydroxylation is 1. The third-order valence-electron chi connectivity index (χ3n) is 3.86. The molecule has 3 nitrogen and oxygen atoms in total. The van der Waals surface area contributed by atoms with E-state index in [0.29, 0.717) is 12.6 Å². The van der Waals surface area contributed by atoms with Gasteiger partial charge in [-0.3, -0.25) is 4.79 Å². The zero-order chi connectivity index (χ0) is 15.4. The van der Waals surface area contributed by atoms with Crippen LogP contribution in [0.3, 0.4) is 0 Å². The third-order valence-corrected chi connectivity index (χ3v) is 3.86. The van der Waals surface area contributed by atoms with E-state index >= 15 is 0 Å². The van der Waals surface area contributed by atoms with Crippen LogP contribution in [0.1, 0.15) is 24.0 Å². The van der Waals surface area contributed by atoms with Crippen LogP contribution < -0.4 is 4.74 Å². The van der Waals surface area contributed by atoms with E-state index in [9.17, 15) is 4.79 Å². The fraction of sp³-hybridized carbons (Fsp3) is 0.316. The van der Waals surface area contributed by atoms with E-state index < -0.39 is 0 Å². The van der Waals surface area contributed by atoms with E-state index in [4.69, 9.17) is 4.74 Å². The van der Waals surface area contributed by atoms with Gasteiger partial charge in [0.25, 0.3) is 5.91 Å². The van der Waals surface area contributed by atoms with E-state index in [0.717, 1.165) is 24.2 Å². The lowest BCUT2D eigenvalue weighted by Crippen LogP contribution is -2.36. The van der Waals surface area contributed by atoms with Crippen LogP contribution in [-0.4, -0.2) is 23.5 Å². The number of hydrogen-bond acceptors (Lipinski definition) is 2. The van der Waals surface area contributed by atoms with Crippen molar-refractivity contribution >= 4 is 5.91 Å². The highest BCUT2D eigenvalue weighted by Crippen LogP contribution is 2.28. The quantitative estimate of drug-likeness (QED) is 0.815. The van der Waals surface area contributed by atoms with Crippen molar-refractivity contribution < 1.29 is 9.53 Å². The van der Waals surface area contributed by atoms with Crippen molar-refractivity contribution in [2.24, 2.45) is 0 Å². The molecular formula is C19H21NO2. The molecule has 0 heterocycles. The number of carbonyl (C=O) groups is 1. The first-order valence-electron chi connectivity index (χ1n) is 7.75. The Morgan fingerprint density at radius 3 is 2.59 bits per heavy atom. The summed E-state index contributed by atoms with van der Waals surface area (Å²) in [7, 11) is 0. The minimum Gasteiger partial charge on any atom is -0.484 e. The molecule has 114 valence electrons. The van der Waals surface area contributed by atoms with Gasteiger partial charge in [-0.1, -0.05) is 42.5 Å². The average molecular weight is 295 g/mol. The molecule has 1 aliphatic rings. The Bertz CT molecular complexity index is 635. The first-order valence-corrected chi connectivity index (χ1v) is 7.75. The largest absolute Gasteiger partial charge is 0.484 e. The van der Waals surface area contributed by atoms with Gasteiger partial charge in [-0.15, -0.1) is 0 Å². The van der Waals surface area contributed by atoms with Crippen molar-refractivity contribution in [1.82, 2.24) is 4.90 Å². The molecule has 1 amide bonds. The summed E-state index contributed by atoms with van der Waals surface area (Å²) in [5.41, 5.74) is 2.30. The standard InChI is InChI=1S/C19H21NO2/c1-15-6-5-9-18(12-15)22-14-19(21)20(17-10-11-17)13-16-7-3-2-4-8-16/h2-9,12,17H,10-11,13-14H2,1H3. The normalized spacial score (nSPS) is 13.7. The fourth-order valence-corrected chi connectivity index (χ4v) is 2.52. The number of hydrogen-bond donors (Lipinski definition) is 0. The van der Waals surface area contributed by atoms with Crippen LogP contribution in [0.5, 0.6) is 5.75 Å². The Labute approximate surface area is 131 Å². The van der Waals surface area contributed by atoms with Crippen LogP contribution in [-0.2, 0) is 11.3 Å². The number of rotatable bonds is 6. The van der Waals surface area contributed by atoms with Gasteiger partial charge in [0.2, 0.25) is 0 Å². The van der Waals surface area contributed by atoms with Crippen LogP contribution in [0.15, 0.2) is 54.6 Å². The first-order chi connectivity index (χ1) is 10.7. The summed E-state index contributed by atoms with van der Waals surface area (Å²) in [6, 6.07) is 18.3. The minimum absolute atomic E-state index is 0.0628. The van der Waals surface area contributed by atoms with E-state index in [-0.39, 0.29) is 12.5 Å². The van der Waals surface area contributed by atoms with Gasteiger partial charge in [0.1, 0.15) is 5.75 Å². The molecule has 0 spiro atoms. The number of benzene rings is 2. The van der Waals surface area contributed by atoms with Gasteiger partial charge >= 0.3 is 0 Å². The van der Waals surface area contributed by atoms with Crippen LogP contribution in [0, 0.1) is 6.92 Å². The minimum atomic E-state index is 0.0628. The summed E-state index contributed by atoms with van der Waals surface area (Å²) < 4.78 is 5.65. The zero-order valence-electron chi connectivity index (χ0n) is 12.9. The van der Waals surface area contributed by atoms with Gasteiger partial charge in [0, 0.05) is 12.6 Å². The SMILES string of the molecule is Cc1cccc(OCC(=O)N(Cc2ccccc2)C2CC2)c1. The Hall–Kier alpha value is -2.29. The second-order valence-electron chi connectivity index (χ2n) is 5.84. The number of ether oxygens (including phenoxy) is 1. The summed E-state index contributed by atoms with van der Waals surface area (Å²) in [6.45, 7) is 2.79. The Morgan fingerprint density at radius 2 is 1.91 bits per heavy atom. The maximum atomic E-state index is 12.5. The molecule has 2 aromatic rings. The number of amides is 1. The fourth-order valence-electron chi connectivity index (χ4n) is 2.52. The van der Waals surface area contributed by atoms with E-state index in [1.807, 2.05) is 54.3 Å². The van der Waals surface area contributed by atoms with Gasteiger partial charge in [-0.05, 0) is 43.0 Å². The summed E-state index contributed by atoms with van der Waals surface area (Å²) in [5.74, 6) is 0.816. The van der Waals surface area contributed by atoms with Crippen LogP contribution in [0.4, 0.5) is 0 Å². The van der Waals surface area contributed by atoms with E-state index in [1.54, 1.807) is 0 Å². The van der Waals surface area contributed by atoms with Crippen molar-refractivity contribution in [3.63, 3.8) is 0 Å². The lowest BCUT2D eigenvalue weighted by molar-refractivity contribution is -0.134. The molecule has 0 aromatic heterocycles. The van der Waals surface area contributed by atoms with Crippen LogP contribution in [0.2, 0.25) is 0 Å². The Kier molecular flexibility index (Phi) is 4.42. The van der Waals surface area contributed by atoms with E-state index in [2.05, 4.69) is 12.1 Å². The van der Waals surface area contributed by atoms with Crippen molar-refractivity contribution in [2.45, 2.75) is 32.4 Å². The van der Waals surface area contributed by atoms with Gasteiger partial charge in [0.15, 0.2) is 6.61 Å². The highest BCUT2D eigenvalue weighted by Gasteiger charge is 2.32. The maximum absolute atomic E-state index is 12.5. The average Bonchev–Trinajstić information content (AvgIpc) is 3.36. The van der Waals surface area contributed by atoms with Crippen molar-refractivity contribution in [2.75, 3.05) is 6.61 Å². The Balaban J connectivity index is 1.61. The smallest absolute Gasteiger partial charge is 0.261 e. The zero-order valence-corrected chi connectivity index (χ0v) is 12.9. The van der Waals surface area contributed by atoms with Crippen LogP contribution in [0.25, 0.3) is 0 Å². The molecule has 0 saturated heterocycles. The summed E-state index contributed by atoms with van der Waals surface area (Å²) in [6.07, 6.45) is 2.20. The molecule has 0 aliphatic heterocycles. The van der Waals surface area contributed by atoms with Gasteiger partial charge < -0.3 is 9.64 Å². The highest BCUT2D eigenvalue weighted by molar-refractivity contribution is 5.78. The van der Waals surface area contributed by atoms with Gasteiger partial charge in [-0.25, -0.2) is 0 Å². The summed E-state index contributed by atoms with van der Waals surface area (Å²) >= 11 is 0. The van der Waals surface area contributed by atoms with Crippen molar-refractivity contribution in [1.29, 1.82) is 0 Å². The molecule has 3 heteroatoms. The molecule has 0 radical (unpaired) electrons. The second-order valence-corrected chi connectivity index (χ2v) is 5.84. The third kappa shape index (κ3) is 3.88. The molecule has 22 heavy (non-hydrogen) atoms. The maximum Gasteiger partial charge on any atom is 0.261 e. The summed E-state index contributed by atoms with van der Waals surface area (Å²) in [5, 5.41) is 0. The molecule has 1 saturated carbocycles. The molecule has 1 aliphatic carbocycles.